The number of fused-ring (bicyclic) bond motifs is 1. The lowest BCUT2D eigenvalue weighted by molar-refractivity contribution is 0.591. The van der Waals surface area contributed by atoms with Crippen LogP contribution in [0.4, 0.5) is 0 Å². The van der Waals surface area contributed by atoms with Crippen LogP contribution >= 0.6 is 11.8 Å². The Morgan fingerprint density at radius 1 is 1.29 bits per heavy atom. The molecule has 0 saturated heterocycles. The summed E-state index contributed by atoms with van der Waals surface area (Å²) in [6, 6.07) is 11.4. The molecule has 3 heteroatoms. The van der Waals surface area contributed by atoms with Gasteiger partial charge in [0.05, 0.1) is 5.03 Å². The molecule has 1 aliphatic rings. The third kappa shape index (κ3) is 2.22. The molecule has 2 aromatic rings. The molecule has 1 heterocycles. The molecule has 0 bridgehead atoms. The van der Waals surface area contributed by atoms with Crippen LogP contribution in [0.5, 0.6) is 0 Å². The Labute approximate surface area is 106 Å². The fraction of sp³-hybridized carbons (Fsp3) is 0.429. The molecule has 2 atom stereocenters. The molecule has 0 amide bonds. The second-order valence-electron chi connectivity index (χ2n) is 4.70. The van der Waals surface area contributed by atoms with E-state index in [9.17, 15) is 0 Å². The Bertz CT molecular complexity index is 473. The number of nitrogens with one attached hydrogen (secondary N) is 2. The van der Waals surface area contributed by atoms with Crippen molar-refractivity contribution >= 4 is 22.7 Å². The van der Waals surface area contributed by atoms with Crippen molar-refractivity contribution in [2.24, 2.45) is 0 Å². The minimum Gasteiger partial charge on any atom is -0.350 e. The van der Waals surface area contributed by atoms with Crippen molar-refractivity contribution in [1.82, 2.24) is 10.3 Å². The fourth-order valence-electron chi connectivity index (χ4n) is 2.67. The van der Waals surface area contributed by atoms with Gasteiger partial charge in [-0.15, -0.1) is 11.8 Å². The fourth-order valence-corrected chi connectivity index (χ4v) is 4.08. The highest BCUT2D eigenvalue weighted by atomic mass is 32.2. The van der Waals surface area contributed by atoms with E-state index in [1.165, 1.54) is 35.2 Å². The van der Waals surface area contributed by atoms with E-state index in [0.29, 0.717) is 11.3 Å². The van der Waals surface area contributed by atoms with E-state index in [4.69, 9.17) is 0 Å². The van der Waals surface area contributed by atoms with Crippen molar-refractivity contribution < 1.29 is 0 Å². The first kappa shape index (κ1) is 11.2. The number of hydrogen-bond acceptors (Lipinski definition) is 2. The largest absolute Gasteiger partial charge is 0.350 e. The van der Waals surface area contributed by atoms with Crippen LogP contribution in [0.15, 0.2) is 35.4 Å². The quantitative estimate of drug-likeness (QED) is 0.868. The maximum Gasteiger partial charge on any atom is 0.0735 e. The van der Waals surface area contributed by atoms with Gasteiger partial charge in [-0.2, -0.15) is 0 Å². The molecular weight excluding hydrogens is 228 g/mol. The first-order valence-corrected chi connectivity index (χ1v) is 7.16. The van der Waals surface area contributed by atoms with E-state index in [0.717, 1.165) is 0 Å². The normalized spacial score (nSPS) is 24.5. The zero-order valence-electron chi connectivity index (χ0n) is 10.1. The predicted octanol–water partition coefficient (Wildman–Crippen LogP) is 3.40. The van der Waals surface area contributed by atoms with Crippen LogP contribution in [0, 0.1) is 0 Å². The van der Waals surface area contributed by atoms with Gasteiger partial charge in [0.15, 0.2) is 0 Å². The number of thioether (sulfide) groups is 1. The summed E-state index contributed by atoms with van der Waals surface area (Å²) in [6.07, 6.45) is 3.99. The highest BCUT2D eigenvalue weighted by Gasteiger charge is 2.26. The summed E-state index contributed by atoms with van der Waals surface area (Å²) < 4.78 is 0. The predicted molar refractivity (Wildman–Crippen MR) is 74.6 cm³/mol. The Morgan fingerprint density at radius 2 is 2.18 bits per heavy atom. The summed E-state index contributed by atoms with van der Waals surface area (Å²) >= 11 is 1.99. The highest BCUT2D eigenvalue weighted by Crippen LogP contribution is 2.35. The number of para-hydroxylation sites is 1. The molecule has 90 valence electrons. The molecule has 17 heavy (non-hydrogen) atoms. The number of benzene rings is 1. The molecule has 0 spiro atoms. The molecule has 2 nitrogen and oxygen atoms in total. The lowest BCUT2D eigenvalue weighted by Gasteiger charge is -2.17. The first-order chi connectivity index (χ1) is 8.36. The van der Waals surface area contributed by atoms with Crippen LogP contribution in [-0.4, -0.2) is 23.3 Å². The number of hydrogen-bond donors (Lipinski definition) is 2. The first-order valence-electron chi connectivity index (χ1n) is 6.28. The highest BCUT2D eigenvalue weighted by molar-refractivity contribution is 8.00. The average Bonchev–Trinajstić information content (AvgIpc) is 2.94. The van der Waals surface area contributed by atoms with Gasteiger partial charge < -0.3 is 10.3 Å². The SMILES string of the molecule is CNC1CCCC1Sc1cc2ccccc2[nH]1. The summed E-state index contributed by atoms with van der Waals surface area (Å²) in [6.45, 7) is 0. The minimum atomic E-state index is 0.673. The molecular formula is C14H18N2S. The van der Waals surface area contributed by atoms with Crippen molar-refractivity contribution in [3.63, 3.8) is 0 Å². The lowest BCUT2D eigenvalue weighted by atomic mass is 10.2. The minimum absolute atomic E-state index is 0.673. The topological polar surface area (TPSA) is 27.8 Å². The van der Waals surface area contributed by atoms with Gasteiger partial charge in [-0.25, -0.2) is 0 Å². The Morgan fingerprint density at radius 3 is 3.00 bits per heavy atom. The van der Waals surface area contributed by atoms with Gasteiger partial charge in [0.1, 0.15) is 0 Å². The molecule has 1 saturated carbocycles. The van der Waals surface area contributed by atoms with Crippen LogP contribution in [-0.2, 0) is 0 Å². The van der Waals surface area contributed by atoms with Gasteiger partial charge in [0.2, 0.25) is 0 Å². The van der Waals surface area contributed by atoms with Crippen molar-refractivity contribution in [2.45, 2.75) is 35.6 Å². The van der Waals surface area contributed by atoms with Gasteiger partial charge in [0, 0.05) is 22.2 Å². The summed E-state index contributed by atoms with van der Waals surface area (Å²) in [5.74, 6) is 0. The number of aromatic amines is 1. The van der Waals surface area contributed by atoms with Crippen molar-refractivity contribution in [3.05, 3.63) is 30.3 Å². The molecule has 0 aliphatic heterocycles. The van der Waals surface area contributed by atoms with E-state index in [-0.39, 0.29) is 0 Å². The summed E-state index contributed by atoms with van der Waals surface area (Å²) in [5.41, 5.74) is 1.24. The van der Waals surface area contributed by atoms with Crippen molar-refractivity contribution in [3.8, 4) is 0 Å². The number of H-pyrrole nitrogens is 1. The van der Waals surface area contributed by atoms with E-state index in [1.54, 1.807) is 0 Å². The van der Waals surface area contributed by atoms with Crippen LogP contribution in [0.3, 0.4) is 0 Å². The molecule has 1 aromatic carbocycles. The van der Waals surface area contributed by atoms with Gasteiger partial charge in [-0.3, -0.25) is 0 Å². The third-order valence-corrected chi connectivity index (χ3v) is 4.95. The van der Waals surface area contributed by atoms with Crippen molar-refractivity contribution in [2.75, 3.05) is 7.05 Å². The van der Waals surface area contributed by atoms with Crippen molar-refractivity contribution in [1.29, 1.82) is 0 Å². The number of rotatable bonds is 3. The summed E-state index contributed by atoms with van der Waals surface area (Å²) in [4.78, 5) is 3.50. The van der Waals surface area contributed by atoms with Gasteiger partial charge in [-0.05, 0) is 32.0 Å². The Kier molecular flexibility index (Phi) is 3.12. The van der Waals surface area contributed by atoms with E-state index >= 15 is 0 Å². The smallest absolute Gasteiger partial charge is 0.0735 e. The molecule has 2 N–H and O–H groups in total. The zero-order chi connectivity index (χ0) is 11.7. The molecule has 3 rings (SSSR count). The second kappa shape index (κ2) is 4.75. The monoisotopic (exact) mass is 246 g/mol. The zero-order valence-corrected chi connectivity index (χ0v) is 10.9. The van der Waals surface area contributed by atoms with E-state index in [2.05, 4.69) is 47.7 Å². The Balaban J connectivity index is 1.80. The molecule has 2 unspecified atom stereocenters. The van der Waals surface area contributed by atoms with Crippen LogP contribution < -0.4 is 5.32 Å². The molecule has 0 radical (unpaired) electrons. The van der Waals surface area contributed by atoms with Crippen LogP contribution in [0.25, 0.3) is 10.9 Å². The standard InChI is InChI=1S/C14H18N2S/c1-15-12-7-4-8-13(12)17-14-9-10-5-2-3-6-11(10)16-14/h2-3,5-6,9,12-13,15-16H,4,7-8H2,1H3. The van der Waals surface area contributed by atoms with Gasteiger partial charge in [-0.1, -0.05) is 24.6 Å². The van der Waals surface area contributed by atoms with Crippen LogP contribution in [0.2, 0.25) is 0 Å². The van der Waals surface area contributed by atoms with Crippen LogP contribution in [0.1, 0.15) is 19.3 Å². The maximum atomic E-state index is 3.50. The van der Waals surface area contributed by atoms with Gasteiger partial charge >= 0.3 is 0 Å². The Hall–Kier alpha value is -0.930. The summed E-state index contributed by atoms with van der Waals surface area (Å²) in [7, 11) is 2.08. The van der Waals surface area contributed by atoms with E-state index in [1.807, 2.05) is 11.8 Å². The average molecular weight is 246 g/mol. The van der Waals surface area contributed by atoms with Gasteiger partial charge in [0.25, 0.3) is 0 Å². The summed E-state index contributed by atoms with van der Waals surface area (Å²) in [5, 5.41) is 6.77. The second-order valence-corrected chi connectivity index (χ2v) is 5.98. The molecule has 1 aromatic heterocycles. The molecule has 1 fully saturated rings. The molecule has 1 aliphatic carbocycles. The number of aromatic nitrogens is 1. The maximum absolute atomic E-state index is 3.50. The lowest BCUT2D eigenvalue weighted by Crippen LogP contribution is -2.30. The third-order valence-electron chi connectivity index (χ3n) is 3.61. The van der Waals surface area contributed by atoms with E-state index < -0.39 is 0 Å².